The van der Waals surface area contributed by atoms with E-state index in [1.807, 2.05) is 10.8 Å². The third-order valence-corrected chi connectivity index (χ3v) is 5.91. The van der Waals surface area contributed by atoms with Crippen molar-refractivity contribution in [2.24, 2.45) is 0 Å². The zero-order valence-corrected chi connectivity index (χ0v) is 17.1. The van der Waals surface area contributed by atoms with E-state index in [1.165, 1.54) is 31.4 Å². The fraction of sp³-hybridized carbons (Fsp3) is 0.0455. The molecule has 0 radical (unpaired) electrons. The summed E-state index contributed by atoms with van der Waals surface area (Å²) in [6.07, 6.45) is 8.79. The Kier molecular flexibility index (Phi) is 5.15. The quantitative estimate of drug-likeness (QED) is 0.486. The largest absolute Gasteiger partial charge is 0.495 e. The second kappa shape index (κ2) is 7.93. The van der Waals surface area contributed by atoms with E-state index < -0.39 is 15.9 Å². The van der Waals surface area contributed by atoms with E-state index in [-0.39, 0.29) is 16.3 Å². The highest BCUT2D eigenvalue weighted by Crippen LogP contribution is 2.25. The van der Waals surface area contributed by atoms with Crippen molar-refractivity contribution in [3.8, 4) is 23.8 Å². The SMILES string of the molecule is C#Cc1ccc(S(=O)(=O)NC(=O)c2ccc3c(-n4cccn4)cccc3n2)c(OC)c1. The lowest BCUT2D eigenvalue weighted by Gasteiger charge is -2.11. The molecule has 2 aromatic heterocycles. The zero-order chi connectivity index (χ0) is 22.0. The highest BCUT2D eigenvalue weighted by Gasteiger charge is 2.24. The van der Waals surface area contributed by atoms with Crippen molar-refractivity contribution in [3.05, 3.63) is 78.2 Å². The maximum Gasteiger partial charge on any atom is 0.283 e. The van der Waals surface area contributed by atoms with Crippen LogP contribution in [0.5, 0.6) is 5.75 Å². The van der Waals surface area contributed by atoms with Gasteiger partial charge < -0.3 is 4.74 Å². The number of hydrogen-bond acceptors (Lipinski definition) is 6. The second-order valence-corrected chi connectivity index (χ2v) is 8.09. The van der Waals surface area contributed by atoms with Crippen LogP contribution in [0, 0.1) is 12.3 Å². The van der Waals surface area contributed by atoms with Crippen molar-refractivity contribution in [2.75, 3.05) is 7.11 Å². The Balaban J connectivity index is 1.67. The molecule has 0 spiro atoms. The normalized spacial score (nSPS) is 11.1. The second-order valence-electron chi connectivity index (χ2n) is 6.44. The van der Waals surface area contributed by atoms with Crippen molar-refractivity contribution in [2.45, 2.75) is 4.90 Å². The summed E-state index contributed by atoms with van der Waals surface area (Å²) in [7, 11) is -2.90. The van der Waals surface area contributed by atoms with Crippen LogP contribution in [-0.4, -0.2) is 36.2 Å². The van der Waals surface area contributed by atoms with Crippen LogP contribution in [-0.2, 0) is 10.0 Å². The average molecular weight is 432 g/mol. The molecule has 4 aromatic rings. The molecule has 0 saturated heterocycles. The molecule has 9 heteroatoms. The summed E-state index contributed by atoms with van der Waals surface area (Å²) in [5, 5.41) is 4.97. The molecule has 31 heavy (non-hydrogen) atoms. The van der Waals surface area contributed by atoms with Gasteiger partial charge in [-0.25, -0.2) is 22.8 Å². The van der Waals surface area contributed by atoms with Crippen LogP contribution in [0.3, 0.4) is 0 Å². The Labute approximate surface area is 178 Å². The van der Waals surface area contributed by atoms with Crippen molar-refractivity contribution in [1.82, 2.24) is 19.5 Å². The Hall–Kier alpha value is -4.16. The molecule has 8 nitrogen and oxygen atoms in total. The molecular weight excluding hydrogens is 416 g/mol. The van der Waals surface area contributed by atoms with Crippen LogP contribution in [0.2, 0.25) is 0 Å². The predicted octanol–water partition coefficient (Wildman–Crippen LogP) is 2.53. The van der Waals surface area contributed by atoms with E-state index in [2.05, 4.69) is 16.0 Å². The van der Waals surface area contributed by atoms with Gasteiger partial charge in [-0.1, -0.05) is 12.0 Å². The van der Waals surface area contributed by atoms with Gasteiger partial charge in [-0.2, -0.15) is 5.10 Å². The van der Waals surface area contributed by atoms with Crippen LogP contribution >= 0.6 is 0 Å². The van der Waals surface area contributed by atoms with Crippen molar-refractivity contribution in [1.29, 1.82) is 0 Å². The van der Waals surface area contributed by atoms with Gasteiger partial charge in [-0.05, 0) is 48.5 Å². The van der Waals surface area contributed by atoms with E-state index in [0.29, 0.717) is 11.1 Å². The maximum absolute atomic E-state index is 12.8. The third-order valence-electron chi connectivity index (χ3n) is 4.54. The first-order chi connectivity index (χ1) is 14.9. The summed E-state index contributed by atoms with van der Waals surface area (Å²) in [5.74, 6) is 1.57. The van der Waals surface area contributed by atoms with Gasteiger partial charge in [0.15, 0.2) is 0 Å². The number of carbonyl (C=O) groups is 1. The number of pyridine rings is 1. The minimum atomic E-state index is -4.22. The molecule has 154 valence electrons. The molecule has 0 aliphatic carbocycles. The lowest BCUT2D eigenvalue weighted by Crippen LogP contribution is -2.31. The summed E-state index contributed by atoms with van der Waals surface area (Å²) in [6, 6.07) is 14.5. The number of fused-ring (bicyclic) bond motifs is 1. The number of nitrogens with zero attached hydrogens (tertiary/aromatic N) is 3. The summed E-state index contributed by atoms with van der Waals surface area (Å²) in [4.78, 5) is 16.8. The first-order valence-corrected chi connectivity index (χ1v) is 10.5. The molecule has 0 aliphatic rings. The van der Waals surface area contributed by atoms with Gasteiger partial charge in [0.05, 0.1) is 18.3 Å². The molecule has 1 amide bonds. The minimum Gasteiger partial charge on any atom is -0.495 e. The molecule has 2 heterocycles. The highest BCUT2D eigenvalue weighted by atomic mass is 32.2. The molecule has 0 fully saturated rings. The molecule has 0 saturated carbocycles. The van der Waals surface area contributed by atoms with Gasteiger partial charge >= 0.3 is 0 Å². The van der Waals surface area contributed by atoms with Crippen LogP contribution in [0.4, 0.5) is 0 Å². The molecule has 0 bridgehead atoms. The Morgan fingerprint density at radius 1 is 1.16 bits per heavy atom. The number of sulfonamides is 1. The molecule has 0 aliphatic heterocycles. The Morgan fingerprint density at radius 3 is 2.71 bits per heavy atom. The number of ether oxygens (including phenoxy) is 1. The maximum atomic E-state index is 12.8. The number of carbonyl (C=O) groups excluding carboxylic acids is 1. The standard InChI is InChI=1S/C22H16N4O4S/c1-3-15-8-11-21(20(14-15)30-2)31(28,29)25-22(27)18-10-9-16-17(24-18)6-4-7-19(16)26-13-5-12-23-26/h1,4-14H,2H3,(H,25,27). The number of rotatable bonds is 5. The molecule has 1 N–H and O–H groups in total. The topological polar surface area (TPSA) is 103 Å². The number of methoxy groups -OCH3 is 1. The average Bonchev–Trinajstić information content (AvgIpc) is 3.32. The van der Waals surface area contributed by atoms with E-state index in [4.69, 9.17) is 11.2 Å². The zero-order valence-electron chi connectivity index (χ0n) is 16.3. The van der Waals surface area contributed by atoms with Gasteiger partial charge in [-0.3, -0.25) is 4.79 Å². The molecule has 0 atom stereocenters. The lowest BCUT2D eigenvalue weighted by atomic mass is 10.1. The van der Waals surface area contributed by atoms with Gasteiger partial charge in [-0.15, -0.1) is 6.42 Å². The van der Waals surface area contributed by atoms with Gasteiger partial charge in [0, 0.05) is 23.3 Å². The Bertz CT molecular complexity index is 1440. The fourth-order valence-electron chi connectivity index (χ4n) is 3.08. The van der Waals surface area contributed by atoms with Crippen molar-refractivity contribution >= 4 is 26.8 Å². The number of benzene rings is 2. The smallest absolute Gasteiger partial charge is 0.283 e. The van der Waals surface area contributed by atoms with Gasteiger partial charge in [0.25, 0.3) is 15.9 Å². The van der Waals surface area contributed by atoms with E-state index in [1.54, 1.807) is 41.3 Å². The number of amides is 1. The van der Waals surface area contributed by atoms with Gasteiger partial charge in [0.2, 0.25) is 0 Å². The lowest BCUT2D eigenvalue weighted by molar-refractivity contribution is 0.0977. The molecule has 2 aromatic carbocycles. The summed E-state index contributed by atoms with van der Waals surface area (Å²) in [6.45, 7) is 0. The fourth-order valence-corrected chi connectivity index (χ4v) is 4.20. The first-order valence-electron chi connectivity index (χ1n) is 9.04. The predicted molar refractivity (Wildman–Crippen MR) is 114 cm³/mol. The van der Waals surface area contributed by atoms with Crippen LogP contribution in [0.1, 0.15) is 16.1 Å². The molecular formula is C22H16N4O4S. The van der Waals surface area contributed by atoms with Crippen LogP contribution < -0.4 is 9.46 Å². The molecule has 4 rings (SSSR count). The van der Waals surface area contributed by atoms with E-state index >= 15 is 0 Å². The van der Waals surface area contributed by atoms with Gasteiger partial charge in [0.1, 0.15) is 16.3 Å². The number of nitrogens with one attached hydrogen (secondary N) is 1. The summed E-state index contributed by atoms with van der Waals surface area (Å²) >= 11 is 0. The van der Waals surface area contributed by atoms with Crippen molar-refractivity contribution in [3.63, 3.8) is 0 Å². The number of hydrogen-bond donors (Lipinski definition) is 1. The number of terminal acetylenes is 1. The summed E-state index contributed by atoms with van der Waals surface area (Å²) < 4.78 is 34.4. The summed E-state index contributed by atoms with van der Waals surface area (Å²) in [5.41, 5.74) is 1.71. The molecule has 0 unspecified atom stereocenters. The minimum absolute atomic E-state index is 0.0334. The number of aromatic nitrogens is 3. The first kappa shape index (κ1) is 20.1. The highest BCUT2D eigenvalue weighted by molar-refractivity contribution is 7.90. The van der Waals surface area contributed by atoms with Crippen LogP contribution in [0.25, 0.3) is 16.6 Å². The Morgan fingerprint density at radius 2 is 2.00 bits per heavy atom. The van der Waals surface area contributed by atoms with E-state index in [0.717, 1.165) is 11.1 Å². The van der Waals surface area contributed by atoms with E-state index in [9.17, 15) is 13.2 Å². The van der Waals surface area contributed by atoms with Crippen LogP contribution in [0.15, 0.2) is 71.9 Å². The van der Waals surface area contributed by atoms with Crippen molar-refractivity contribution < 1.29 is 17.9 Å². The third kappa shape index (κ3) is 3.84. The monoisotopic (exact) mass is 432 g/mol.